The van der Waals surface area contributed by atoms with Gasteiger partial charge in [0.1, 0.15) is 5.82 Å². The molecule has 1 aromatic carbocycles. The van der Waals surface area contributed by atoms with Crippen LogP contribution in [0.25, 0.3) is 5.69 Å². The molecule has 0 fully saturated rings. The van der Waals surface area contributed by atoms with Gasteiger partial charge in [-0.2, -0.15) is 0 Å². The van der Waals surface area contributed by atoms with Crippen LogP contribution in [0.4, 0.5) is 5.69 Å². The summed E-state index contributed by atoms with van der Waals surface area (Å²) in [4.78, 5) is 4.17. The molecule has 0 bridgehead atoms. The molecular weight excluding hydrogens is 218 g/mol. The van der Waals surface area contributed by atoms with Gasteiger partial charge in [-0.25, -0.2) is 4.98 Å². The summed E-state index contributed by atoms with van der Waals surface area (Å²) in [6.07, 6.45) is 3.58. The summed E-state index contributed by atoms with van der Waals surface area (Å²) in [5, 5.41) is 0. The first-order valence-corrected chi connectivity index (χ1v) is 5.19. The van der Waals surface area contributed by atoms with E-state index in [-0.39, 0.29) is 0 Å². The summed E-state index contributed by atoms with van der Waals surface area (Å²) < 4.78 is 12.3. The van der Waals surface area contributed by atoms with Crippen LogP contribution in [0.2, 0.25) is 0 Å². The van der Waals surface area contributed by atoms with Crippen molar-refractivity contribution in [3.05, 3.63) is 30.4 Å². The molecule has 1 aromatic heterocycles. The van der Waals surface area contributed by atoms with E-state index in [1.54, 1.807) is 26.5 Å². The van der Waals surface area contributed by atoms with Crippen molar-refractivity contribution in [2.75, 3.05) is 20.0 Å². The van der Waals surface area contributed by atoms with Gasteiger partial charge in [-0.1, -0.05) is 0 Å². The lowest BCUT2D eigenvalue weighted by atomic mass is 10.2. The number of nitrogens with zero attached hydrogens (tertiary/aromatic N) is 2. The van der Waals surface area contributed by atoms with E-state index >= 15 is 0 Å². The molecule has 0 spiro atoms. The van der Waals surface area contributed by atoms with Crippen LogP contribution in [0, 0.1) is 6.92 Å². The Morgan fingerprint density at radius 2 is 1.82 bits per heavy atom. The van der Waals surface area contributed by atoms with Gasteiger partial charge in [0.05, 0.1) is 25.6 Å². The van der Waals surface area contributed by atoms with Crippen molar-refractivity contribution in [2.45, 2.75) is 6.92 Å². The predicted molar refractivity (Wildman–Crippen MR) is 65.8 cm³/mol. The average Bonchev–Trinajstić information content (AvgIpc) is 2.75. The molecule has 17 heavy (non-hydrogen) atoms. The van der Waals surface area contributed by atoms with Gasteiger partial charge < -0.3 is 19.8 Å². The van der Waals surface area contributed by atoms with Crippen molar-refractivity contribution >= 4 is 5.69 Å². The average molecular weight is 233 g/mol. The quantitative estimate of drug-likeness (QED) is 0.821. The molecule has 0 atom stereocenters. The Kier molecular flexibility index (Phi) is 2.91. The smallest absolute Gasteiger partial charge is 0.162 e. The second kappa shape index (κ2) is 4.37. The van der Waals surface area contributed by atoms with E-state index in [0.717, 1.165) is 11.5 Å². The number of aromatic nitrogens is 2. The van der Waals surface area contributed by atoms with Crippen molar-refractivity contribution in [2.24, 2.45) is 0 Å². The van der Waals surface area contributed by atoms with Crippen molar-refractivity contribution < 1.29 is 9.47 Å². The molecule has 0 aliphatic heterocycles. The number of nitrogen functional groups attached to an aromatic ring is 1. The van der Waals surface area contributed by atoms with E-state index in [1.807, 2.05) is 23.8 Å². The fourth-order valence-electron chi connectivity index (χ4n) is 1.73. The summed E-state index contributed by atoms with van der Waals surface area (Å²) in [6, 6.07) is 3.58. The molecule has 0 saturated heterocycles. The summed E-state index contributed by atoms with van der Waals surface area (Å²) in [5.41, 5.74) is 7.44. The monoisotopic (exact) mass is 233 g/mol. The fraction of sp³-hybridized carbons (Fsp3) is 0.250. The number of rotatable bonds is 3. The van der Waals surface area contributed by atoms with Crippen LogP contribution in [0.1, 0.15) is 5.82 Å². The summed E-state index contributed by atoms with van der Waals surface area (Å²) in [5.74, 6) is 2.13. The number of benzene rings is 1. The largest absolute Gasteiger partial charge is 0.493 e. The van der Waals surface area contributed by atoms with Crippen LogP contribution in [-0.2, 0) is 0 Å². The molecule has 5 nitrogen and oxygen atoms in total. The van der Waals surface area contributed by atoms with Gasteiger partial charge >= 0.3 is 0 Å². The number of methoxy groups -OCH3 is 2. The molecule has 5 heteroatoms. The van der Waals surface area contributed by atoms with E-state index in [9.17, 15) is 0 Å². The van der Waals surface area contributed by atoms with Crippen LogP contribution in [0.3, 0.4) is 0 Å². The number of aryl methyl sites for hydroxylation is 1. The number of imidazole rings is 1. The van der Waals surface area contributed by atoms with E-state index in [2.05, 4.69) is 4.98 Å². The molecule has 1 heterocycles. The highest BCUT2D eigenvalue weighted by Gasteiger charge is 2.11. The Morgan fingerprint density at radius 3 is 2.35 bits per heavy atom. The first-order chi connectivity index (χ1) is 8.17. The summed E-state index contributed by atoms with van der Waals surface area (Å²) in [7, 11) is 3.18. The molecule has 90 valence electrons. The maximum absolute atomic E-state index is 6.00. The minimum atomic E-state index is 0.615. The third kappa shape index (κ3) is 1.91. The molecule has 0 amide bonds. The first kappa shape index (κ1) is 11.3. The molecule has 0 saturated carbocycles. The van der Waals surface area contributed by atoms with E-state index in [4.69, 9.17) is 15.2 Å². The van der Waals surface area contributed by atoms with Crippen molar-refractivity contribution in [1.29, 1.82) is 0 Å². The Morgan fingerprint density at radius 1 is 1.18 bits per heavy atom. The standard InChI is InChI=1S/C12H15N3O2/c1-8-14-4-5-15(8)10-7-12(17-3)11(16-2)6-9(10)13/h4-7H,13H2,1-3H3. The predicted octanol–water partition coefficient (Wildman–Crippen LogP) is 1.78. The first-order valence-electron chi connectivity index (χ1n) is 5.19. The Balaban J connectivity index is 2.59. The molecule has 2 rings (SSSR count). The highest BCUT2D eigenvalue weighted by molar-refractivity contribution is 5.65. The normalized spacial score (nSPS) is 10.3. The molecule has 0 aliphatic carbocycles. The fourth-order valence-corrected chi connectivity index (χ4v) is 1.73. The minimum Gasteiger partial charge on any atom is -0.493 e. The zero-order valence-electron chi connectivity index (χ0n) is 10.1. The zero-order chi connectivity index (χ0) is 12.4. The van der Waals surface area contributed by atoms with Gasteiger partial charge in [-0.3, -0.25) is 0 Å². The summed E-state index contributed by atoms with van der Waals surface area (Å²) >= 11 is 0. The number of hydrogen-bond donors (Lipinski definition) is 1. The van der Waals surface area contributed by atoms with Gasteiger partial charge in [-0.15, -0.1) is 0 Å². The van der Waals surface area contributed by atoms with Crippen LogP contribution in [0.5, 0.6) is 11.5 Å². The van der Waals surface area contributed by atoms with Gasteiger partial charge in [-0.05, 0) is 6.92 Å². The Bertz CT molecular complexity index is 535. The Labute approximate surface area is 99.8 Å². The van der Waals surface area contributed by atoms with E-state index < -0.39 is 0 Å². The zero-order valence-corrected chi connectivity index (χ0v) is 10.1. The third-order valence-electron chi connectivity index (χ3n) is 2.62. The Hall–Kier alpha value is -2.17. The van der Waals surface area contributed by atoms with Gasteiger partial charge in [0.15, 0.2) is 11.5 Å². The minimum absolute atomic E-state index is 0.615. The van der Waals surface area contributed by atoms with Crippen LogP contribution < -0.4 is 15.2 Å². The molecule has 0 unspecified atom stereocenters. The van der Waals surface area contributed by atoms with Gasteiger partial charge in [0.2, 0.25) is 0 Å². The SMILES string of the molecule is COc1cc(N)c(-n2ccnc2C)cc1OC. The molecular formula is C12H15N3O2. The summed E-state index contributed by atoms with van der Waals surface area (Å²) in [6.45, 7) is 1.91. The van der Waals surface area contributed by atoms with Crippen molar-refractivity contribution in [3.8, 4) is 17.2 Å². The van der Waals surface area contributed by atoms with Crippen molar-refractivity contribution in [1.82, 2.24) is 9.55 Å². The lowest BCUT2D eigenvalue weighted by Gasteiger charge is -2.13. The lowest BCUT2D eigenvalue weighted by Crippen LogP contribution is -2.02. The molecule has 0 radical (unpaired) electrons. The van der Waals surface area contributed by atoms with Crippen LogP contribution in [-0.4, -0.2) is 23.8 Å². The number of nitrogens with two attached hydrogens (primary N) is 1. The third-order valence-corrected chi connectivity index (χ3v) is 2.62. The molecule has 2 N–H and O–H groups in total. The number of ether oxygens (including phenoxy) is 2. The van der Waals surface area contributed by atoms with Crippen LogP contribution >= 0.6 is 0 Å². The van der Waals surface area contributed by atoms with Gasteiger partial charge in [0, 0.05) is 24.5 Å². The van der Waals surface area contributed by atoms with E-state index in [1.165, 1.54) is 0 Å². The highest BCUT2D eigenvalue weighted by atomic mass is 16.5. The second-order valence-electron chi connectivity index (χ2n) is 3.61. The highest BCUT2D eigenvalue weighted by Crippen LogP contribution is 2.34. The maximum Gasteiger partial charge on any atom is 0.162 e. The van der Waals surface area contributed by atoms with E-state index in [0.29, 0.717) is 17.2 Å². The lowest BCUT2D eigenvalue weighted by molar-refractivity contribution is 0.355. The second-order valence-corrected chi connectivity index (χ2v) is 3.61. The molecule has 0 aliphatic rings. The maximum atomic E-state index is 6.00. The topological polar surface area (TPSA) is 62.3 Å². The van der Waals surface area contributed by atoms with Gasteiger partial charge in [0.25, 0.3) is 0 Å². The number of anilines is 1. The van der Waals surface area contributed by atoms with Crippen LogP contribution in [0.15, 0.2) is 24.5 Å². The molecule has 2 aromatic rings. The number of hydrogen-bond acceptors (Lipinski definition) is 4. The van der Waals surface area contributed by atoms with Crippen molar-refractivity contribution in [3.63, 3.8) is 0 Å².